The maximum Gasteiger partial charge on any atom is 0.328 e. The van der Waals surface area contributed by atoms with Crippen LogP contribution in [0, 0.1) is 0 Å². The van der Waals surface area contributed by atoms with E-state index in [1.54, 1.807) is 6.92 Å². The van der Waals surface area contributed by atoms with E-state index in [1.807, 2.05) is 6.92 Å². The molecule has 0 aliphatic rings. The van der Waals surface area contributed by atoms with Crippen molar-refractivity contribution in [2.75, 3.05) is 0 Å². The molecule has 0 saturated carbocycles. The lowest BCUT2D eigenvalue weighted by Crippen LogP contribution is -1.87. The highest BCUT2D eigenvalue weighted by Gasteiger charge is 1.90. The van der Waals surface area contributed by atoms with E-state index in [4.69, 9.17) is 5.11 Å². The summed E-state index contributed by atoms with van der Waals surface area (Å²) in [4.78, 5) is 10.2. The molecule has 0 rings (SSSR count). The van der Waals surface area contributed by atoms with E-state index < -0.39 is 5.97 Å². The summed E-state index contributed by atoms with van der Waals surface area (Å²) in [6.45, 7) is 3.43. The van der Waals surface area contributed by atoms with Gasteiger partial charge in [-0.1, -0.05) is 13.0 Å². The molecule has 0 amide bonds. The van der Waals surface area contributed by atoms with E-state index in [0.29, 0.717) is 12.0 Å². The summed E-state index contributed by atoms with van der Waals surface area (Å²) in [5, 5.41) is 8.33. The topological polar surface area (TPSA) is 37.3 Å². The smallest absolute Gasteiger partial charge is 0.328 e. The van der Waals surface area contributed by atoms with Crippen molar-refractivity contribution in [2.45, 2.75) is 20.3 Å². The first-order valence-corrected chi connectivity index (χ1v) is 4.01. The maximum absolute atomic E-state index is 12.7. The molecule has 0 saturated heterocycles. The van der Waals surface area contributed by atoms with Crippen LogP contribution in [0.5, 0.6) is 0 Å². The second kappa shape index (κ2) is 6.17. The molecule has 72 valence electrons. The molecular weight excluding hydrogens is 171 g/mol. The molecule has 0 atom stereocenters. The molecule has 0 aromatic carbocycles. The van der Waals surface area contributed by atoms with Crippen molar-refractivity contribution in [3.05, 3.63) is 35.7 Å². The molecule has 1 N–H and O–H groups in total. The van der Waals surface area contributed by atoms with Gasteiger partial charge in [0.2, 0.25) is 0 Å². The number of halogens is 1. The van der Waals surface area contributed by atoms with Gasteiger partial charge in [-0.2, -0.15) is 0 Å². The van der Waals surface area contributed by atoms with Gasteiger partial charge in [-0.3, -0.25) is 0 Å². The summed E-state index contributed by atoms with van der Waals surface area (Å²) in [5.41, 5.74) is 0.507. The zero-order valence-electron chi connectivity index (χ0n) is 7.75. The third-order valence-electron chi connectivity index (χ3n) is 1.26. The number of aliphatic carboxylic acids is 1. The van der Waals surface area contributed by atoms with Crippen molar-refractivity contribution in [1.29, 1.82) is 0 Å². The Labute approximate surface area is 77.1 Å². The highest BCUT2D eigenvalue weighted by Crippen LogP contribution is 2.03. The van der Waals surface area contributed by atoms with Gasteiger partial charge in [0.15, 0.2) is 0 Å². The third-order valence-corrected chi connectivity index (χ3v) is 1.26. The Morgan fingerprint density at radius 2 is 2.08 bits per heavy atom. The van der Waals surface area contributed by atoms with Crippen LogP contribution in [-0.4, -0.2) is 11.1 Å². The first-order valence-electron chi connectivity index (χ1n) is 4.01. The van der Waals surface area contributed by atoms with Crippen molar-refractivity contribution in [3.8, 4) is 0 Å². The first kappa shape index (κ1) is 11.6. The number of hydrogen-bond acceptors (Lipinski definition) is 1. The Hall–Kier alpha value is -1.38. The third kappa shape index (κ3) is 7.00. The molecule has 3 heteroatoms. The van der Waals surface area contributed by atoms with Gasteiger partial charge < -0.3 is 5.11 Å². The van der Waals surface area contributed by atoms with Crippen molar-refractivity contribution in [2.24, 2.45) is 0 Å². The molecule has 0 spiro atoms. The second-order valence-corrected chi connectivity index (χ2v) is 2.56. The van der Waals surface area contributed by atoms with Crippen molar-refractivity contribution < 1.29 is 14.3 Å². The Balaban J connectivity index is 4.27. The molecular formula is C10H13FO2. The normalized spacial score (nSPS) is 13.8. The minimum absolute atomic E-state index is 0.347. The number of rotatable bonds is 4. The number of carbonyl (C=O) groups is 1. The van der Waals surface area contributed by atoms with Crippen molar-refractivity contribution in [3.63, 3.8) is 0 Å². The lowest BCUT2D eigenvalue weighted by atomic mass is 10.2. The highest BCUT2D eigenvalue weighted by atomic mass is 19.1. The van der Waals surface area contributed by atoms with Gasteiger partial charge in [-0.25, -0.2) is 9.18 Å². The minimum Gasteiger partial charge on any atom is -0.478 e. The van der Waals surface area contributed by atoms with E-state index in [0.717, 1.165) is 6.08 Å². The standard InChI is InChI=1S/C10H13FO2/c1-3-4-9(11)6-5-8(2)7-10(12)13/h4-7H,3H2,1-2H3,(H,12,13)/b6-5+,8-7+,9-4+. The summed E-state index contributed by atoms with van der Waals surface area (Å²) >= 11 is 0. The van der Waals surface area contributed by atoms with Gasteiger partial charge in [0, 0.05) is 6.08 Å². The Bertz CT molecular complexity index is 262. The highest BCUT2D eigenvalue weighted by molar-refractivity contribution is 5.81. The van der Waals surface area contributed by atoms with Crippen LogP contribution < -0.4 is 0 Å². The fraction of sp³-hybridized carbons (Fsp3) is 0.300. The van der Waals surface area contributed by atoms with Gasteiger partial charge in [0.25, 0.3) is 0 Å². The van der Waals surface area contributed by atoms with Gasteiger partial charge in [0.1, 0.15) is 5.83 Å². The number of carboxylic acids is 1. The van der Waals surface area contributed by atoms with Gasteiger partial charge in [-0.05, 0) is 31.1 Å². The molecule has 0 radical (unpaired) electrons. The Morgan fingerprint density at radius 1 is 1.46 bits per heavy atom. The van der Waals surface area contributed by atoms with Gasteiger partial charge in [0.05, 0.1) is 0 Å². The molecule has 2 nitrogen and oxygen atoms in total. The predicted octanol–water partition coefficient (Wildman–Crippen LogP) is 2.84. The fourth-order valence-corrected chi connectivity index (χ4v) is 0.717. The van der Waals surface area contributed by atoms with Crippen LogP contribution in [0.2, 0.25) is 0 Å². The molecule has 0 aromatic heterocycles. The average molecular weight is 184 g/mol. The molecule has 0 aromatic rings. The van der Waals surface area contributed by atoms with Crippen LogP contribution in [0.4, 0.5) is 4.39 Å². The van der Waals surface area contributed by atoms with Gasteiger partial charge >= 0.3 is 5.97 Å². The zero-order chi connectivity index (χ0) is 10.3. The first-order chi connectivity index (χ1) is 6.06. The molecule has 0 bridgehead atoms. The quantitative estimate of drug-likeness (QED) is 0.538. The number of hydrogen-bond donors (Lipinski definition) is 1. The predicted molar refractivity (Wildman–Crippen MR) is 50.0 cm³/mol. The largest absolute Gasteiger partial charge is 0.478 e. The molecule has 0 fully saturated rings. The van der Waals surface area contributed by atoms with Gasteiger partial charge in [-0.15, -0.1) is 0 Å². The minimum atomic E-state index is -1.03. The Kier molecular flexibility index (Phi) is 5.52. The second-order valence-electron chi connectivity index (χ2n) is 2.56. The number of allylic oxidation sites excluding steroid dienone is 5. The van der Waals surface area contributed by atoms with Crippen LogP contribution >= 0.6 is 0 Å². The Morgan fingerprint density at radius 3 is 2.54 bits per heavy atom. The van der Waals surface area contributed by atoms with Crippen molar-refractivity contribution >= 4 is 5.97 Å². The molecule has 13 heavy (non-hydrogen) atoms. The van der Waals surface area contributed by atoms with Crippen LogP contribution in [-0.2, 0) is 4.79 Å². The molecule has 0 aliphatic carbocycles. The van der Waals surface area contributed by atoms with Crippen molar-refractivity contribution in [1.82, 2.24) is 0 Å². The summed E-state index contributed by atoms with van der Waals surface area (Å²) in [7, 11) is 0. The molecule has 0 heterocycles. The maximum atomic E-state index is 12.7. The average Bonchev–Trinajstić information content (AvgIpc) is 2.00. The summed E-state index contributed by atoms with van der Waals surface area (Å²) in [6.07, 6.45) is 5.74. The van der Waals surface area contributed by atoms with E-state index in [9.17, 15) is 9.18 Å². The summed E-state index contributed by atoms with van der Waals surface area (Å²) in [6, 6.07) is 0. The van der Waals surface area contributed by atoms with E-state index in [2.05, 4.69) is 0 Å². The van der Waals surface area contributed by atoms with E-state index >= 15 is 0 Å². The van der Waals surface area contributed by atoms with E-state index in [-0.39, 0.29) is 5.83 Å². The van der Waals surface area contributed by atoms with Crippen LogP contribution in [0.15, 0.2) is 35.7 Å². The molecule has 0 unspecified atom stereocenters. The molecule has 0 aliphatic heterocycles. The lowest BCUT2D eigenvalue weighted by Gasteiger charge is -1.88. The summed E-state index contributed by atoms with van der Waals surface area (Å²) < 4.78 is 12.7. The van der Waals surface area contributed by atoms with Crippen LogP contribution in [0.3, 0.4) is 0 Å². The summed E-state index contributed by atoms with van der Waals surface area (Å²) in [5.74, 6) is -1.37. The van der Waals surface area contributed by atoms with Crippen LogP contribution in [0.25, 0.3) is 0 Å². The van der Waals surface area contributed by atoms with E-state index in [1.165, 1.54) is 18.2 Å². The zero-order valence-corrected chi connectivity index (χ0v) is 7.75. The monoisotopic (exact) mass is 184 g/mol. The fourth-order valence-electron chi connectivity index (χ4n) is 0.717. The lowest BCUT2D eigenvalue weighted by molar-refractivity contribution is -0.131. The van der Waals surface area contributed by atoms with Crippen LogP contribution in [0.1, 0.15) is 20.3 Å². The SMILES string of the molecule is CC\C=C(F)/C=C/C(C)=C/C(=O)O. The number of carboxylic acid groups (broad SMARTS) is 1.